The molecule has 0 bridgehead atoms. The van der Waals surface area contributed by atoms with Crippen molar-refractivity contribution in [2.45, 2.75) is 31.2 Å². The van der Waals surface area contributed by atoms with E-state index < -0.39 is 0 Å². The highest BCUT2D eigenvalue weighted by Crippen LogP contribution is 2.18. The minimum absolute atomic E-state index is 0.0702. The summed E-state index contributed by atoms with van der Waals surface area (Å²) in [4.78, 5) is 30.5. The van der Waals surface area contributed by atoms with E-state index in [1.807, 2.05) is 13.8 Å². The lowest BCUT2D eigenvalue weighted by atomic mass is 10.2. The van der Waals surface area contributed by atoms with Gasteiger partial charge >= 0.3 is 0 Å². The van der Waals surface area contributed by atoms with Gasteiger partial charge in [0.1, 0.15) is 5.82 Å². The molecule has 0 saturated heterocycles. The molecule has 1 amide bonds. The molecule has 2 N–H and O–H groups in total. The summed E-state index contributed by atoms with van der Waals surface area (Å²) in [7, 11) is 0. The van der Waals surface area contributed by atoms with Gasteiger partial charge in [0, 0.05) is 18.4 Å². The van der Waals surface area contributed by atoms with E-state index in [1.54, 1.807) is 12.1 Å². The third kappa shape index (κ3) is 6.16. The Balaban J connectivity index is 1.98. The predicted molar refractivity (Wildman–Crippen MR) is 92.4 cm³/mol. The Bertz CT molecular complexity index is 744. The average molecular weight is 349 g/mol. The molecule has 7 heteroatoms. The molecule has 0 radical (unpaired) electrons. The van der Waals surface area contributed by atoms with Gasteiger partial charge in [0.05, 0.1) is 12.1 Å². The maximum Gasteiger partial charge on any atom is 0.251 e. The number of halogens is 1. The lowest BCUT2D eigenvalue weighted by Gasteiger charge is -2.08. The first-order valence-corrected chi connectivity index (χ1v) is 8.65. The van der Waals surface area contributed by atoms with Gasteiger partial charge in [-0.1, -0.05) is 37.7 Å². The van der Waals surface area contributed by atoms with Crippen LogP contribution in [0, 0.1) is 11.7 Å². The normalized spacial score (nSPS) is 10.8. The SMILES string of the molecule is CC(C)CNC(=O)Cc1cc(=O)[nH]c(SCc2ccc(F)cc2)n1. The first-order valence-electron chi connectivity index (χ1n) is 7.66. The number of hydrogen-bond acceptors (Lipinski definition) is 4. The van der Waals surface area contributed by atoms with Crippen LogP contribution < -0.4 is 10.9 Å². The van der Waals surface area contributed by atoms with Crippen molar-refractivity contribution in [3.63, 3.8) is 0 Å². The third-order valence-corrected chi connectivity index (χ3v) is 4.06. The van der Waals surface area contributed by atoms with Crippen molar-refractivity contribution in [1.29, 1.82) is 0 Å². The summed E-state index contributed by atoms with van der Waals surface area (Å²) in [6.07, 6.45) is 0.0702. The van der Waals surface area contributed by atoms with Crippen molar-refractivity contribution in [3.8, 4) is 0 Å². The molecule has 5 nitrogen and oxygen atoms in total. The van der Waals surface area contributed by atoms with Crippen molar-refractivity contribution < 1.29 is 9.18 Å². The zero-order valence-corrected chi connectivity index (χ0v) is 14.5. The summed E-state index contributed by atoms with van der Waals surface area (Å²) in [5, 5.41) is 3.24. The maximum atomic E-state index is 12.9. The van der Waals surface area contributed by atoms with Gasteiger partial charge in [0.25, 0.3) is 5.56 Å². The van der Waals surface area contributed by atoms with Gasteiger partial charge in [-0.05, 0) is 23.6 Å². The number of H-pyrrole nitrogens is 1. The van der Waals surface area contributed by atoms with E-state index in [1.165, 1.54) is 30.0 Å². The molecule has 2 aromatic rings. The number of benzene rings is 1. The molecule has 0 atom stereocenters. The Morgan fingerprint density at radius 2 is 2.04 bits per heavy atom. The van der Waals surface area contributed by atoms with Gasteiger partial charge in [-0.25, -0.2) is 9.37 Å². The van der Waals surface area contributed by atoms with Crippen LogP contribution in [0.2, 0.25) is 0 Å². The molecule has 0 saturated carbocycles. The lowest BCUT2D eigenvalue weighted by molar-refractivity contribution is -0.120. The first kappa shape index (κ1) is 18.2. The van der Waals surface area contributed by atoms with Crippen LogP contribution in [0.3, 0.4) is 0 Å². The molecule has 0 spiro atoms. The summed E-state index contributed by atoms with van der Waals surface area (Å²) in [5.41, 5.74) is 1.06. The van der Waals surface area contributed by atoms with Crippen molar-refractivity contribution >= 4 is 17.7 Å². The molecular weight excluding hydrogens is 329 g/mol. The highest BCUT2D eigenvalue weighted by molar-refractivity contribution is 7.98. The second-order valence-electron chi connectivity index (χ2n) is 5.83. The first-order chi connectivity index (χ1) is 11.4. The van der Waals surface area contributed by atoms with E-state index in [9.17, 15) is 14.0 Å². The van der Waals surface area contributed by atoms with Crippen molar-refractivity contribution in [3.05, 3.63) is 57.8 Å². The van der Waals surface area contributed by atoms with E-state index in [4.69, 9.17) is 0 Å². The second kappa shape index (κ2) is 8.63. The molecule has 24 heavy (non-hydrogen) atoms. The summed E-state index contributed by atoms with van der Waals surface area (Å²) in [6.45, 7) is 4.61. The van der Waals surface area contributed by atoms with E-state index >= 15 is 0 Å². The second-order valence-corrected chi connectivity index (χ2v) is 6.80. The third-order valence-electron chi connectivity index (χ3n) is 3.11. The van der Waals surface area contributed by atoms with Crippen LogP contribution in [0.25, 0.3) is 0 Å². The molecule has 2 rings (SSSR count). The van der Waals surface area contributed by atoms with E-state index in [0.717, 1.165) is 5.56 Å². The van der Waals surface area contributed by atoms with E-state index in [2.05, 4.69) is 15.3 Å². The Labute approximate surface area is 144 Å². The lowest BCUT2D eigenvalue weighted by Crippen LogP contribution is -2.29. The highest BCUT2D eigenvalue weighted by Gasteiger charge is 2.08. The number of hydrogen-bond donors (Lipinski definition) is 2. The van der Waals surface area contributed by atoms with Gasteiger partial charge in [-0.2, -0.15) is 0 Å². The molecule has 1 heterocycles. The maximum absolute atomic E-state index is 12.9. The molecular formula is C17H20FN3O2S. The molecule has 0 fully saturated rings. The summed E-state index contributed by atoms with van der Waals surface area (Å²) < 4.78 is 12.9. The van der Waals surface area contributed by atoms with E-state index in [-0.39, 0.29) is 23.7 Å². The largest absolute Gasteiger partial charge is 0.356 e. The van der Waals surface area contributed by atoms with E-state index in [0.29, 0.717) is 29.1 Å². The summed E-state index contributed by atoms with van der Waals surface area (Å²) >= 11 is 1.33. The number of thioether (sulfide) groups is 1. The van der Waals surface area contributed by atoms with Gasteiger partial charge in [0.15, 0.2) is 5.16 Å². The Morgan fingerprint density at radius 1 is 1.33 bits per heavy atom. The quantitative estimate of drug-likeness (QED) is 0.595. The van der Waals surface area contributed by atoms with Crippen LogP contribution in [0.5, 0.6) is 0 Å². The van der Waals surface area contributed by atoms with Crippen LogP contribution >= 0.6 is 11.8 Å². The zero-order valence-electron chi connectivity index (χ0n) is 13.6. The van der Waals surface area contributed by atoms with Crippen LogP contribution in [0.4, 0.5) is 4.39 Å². The van der Waals surface area contributed by atoms with Crippen molar-refractivity contribution in [2.24, 2.45) is 5.92 Å². The zero-order chi connectivity index (χ0) is 17.5. The fourth-order valence-electron chi connectivity index (χ4n) is 1.92. The monoisotopic (exact) mass is 349 g/mol. The van der Waals surface area contributed by atoms with Crippen LogP contribution in [0.15, 0.2) is 40.3 Å². The molecule has 0 aliphatic rings. The summed E-state index contributed by atoms with van der Waals surface area (Å²) in [6, 6.07) is 7.48. The minimum atomic E-state index is -0.293. The van der Waals surface area contributed by atoms with Crippen molar-refractivity contribution in [1.82, 2.24) is 15.3 Å². The number of nitrogens with one attached hydrogen (secondary N) is 2. The van der Waals surface area contributed by atoms with Crippen LogP contribution in [-0.2, 0) is 17.0 Å². The number of nitrogens with zero attached hydrogens (tertiary/aromatic N) is 1. The molecule has 128 valence electrons. The Hall–Kier alpha value is -2.15. The Kier molecular flexibility index (Phi) is 6.54. The highest BCUT2D eigenvalue weighted by atomic mass is 32.2. The summed E-state index contributed by atoms with van der Waals surface area (Å²) in [5.74, 6) is 0.468. The fourth-order valence-corrected chi connectivity index (χ4v) is 2.77. The number of aromatic amines is 1. The van der Waals surface area contributed by atoms with Crippen LogP contribution in [0.1, 0.15) is 25.1 Å². The fraction of sp³-hybridized carbons (Fsp3) is 0.353. The molecule has 0 aliphatic carbocycles. The van der Waals surface area contributed by atoms with Crippen molar-refractivity contribution in [2.75, 3.05) is 6.54 Å². The number of rotatable bonds is 7. The molecule has 1 aromatic carbocycles. The minimum Gasteiger partial charge on any atom is -0.356 e. The number of carbonyl (C=O) groups is 1. The Morgan fingerprint density at radius 3 is 2.71 bits per heavy atom. The molecule has 0 unspecified atom stereocenters. The van der Waals surface area contributed by atoms with Gasteiger partial charge < -0.3 is 10.3 Å². The average Bonchev–Trinajstić information content (AvgIpc) is 2.52. The standard InChI is InChI=1S/C17H20FN3O2S/c1-11(2)9-19-15(22)7-14-8-16(23)21-17(20-14)24-10-12-3-5-13(18)6-4-12/h3-6,8,11H,7,9-10H2,1-2H3,(H,19,22)(H,20,21,23). The molecule has 1 aromatic heterocycles. The molecule has 0 aliphatic heterocycles. The predicted octanol–water partition coefficient (Wildman–Crippen LogP) is 2.52. The van der Waals surface area contributed by atoms with Gasteiger partial charge in [-0.15, -0.1) is 0 Å². The number of carbonyl (C=O) groups excluding carboxylic acids is 1. The van der Waals surface area contributed by atoms with Gasteiger partial charge in [0.2, 0.25) is 5.91 Å². The smallest absolute Gasteiger partial charge is 0.251 e. The van der Waals surface area contributed by atoms with Gasteiger partial charge in [-0.3, -0.25) is 9.59 Å². The topological polar surface area (TPSA) is 74.8 Å². The van der Waals surface area contributed by atoms with Crippen LogP contribution in [-0.4, -0.2) is 22.4 Å². The number of amides is 1. The number of aromatic nitrogens is 2.